The summed E-state index contributed by atoms with van der Waals surface area (Å²) in [6, 6.07) is 1.64. The van der Waals surface area contributed by atoms with Gasteiger partial charge in [-0.3, -0.25) is 0 Å². The Kier molecular flexibility index (Phi) is 3.29. The molecule has 0 aliphatic carbocycles. The van der Waals surface area contributed by atoms with Gasteiger partial charge >= 0.3 is 6.18 Å². The van der Waals surface area contributed by atoms with E-state index in [2.05, 4.69) is 4.98 Å². The first-order chi connectivity index (χ1) is 6.54. The lowest BCUT2D eigenvalue weighted by molar-refractivity contribution is -0.137. The molecule has 1 rings (SSSR count). The molecule has 0 fully saturated rings. The molecule has 6 heteroatoms. The van der Waals surface area contributed by atoms with Gasteiger partial charge in [0.15, 0.2) is 0 Å². The van der Waals surface area contributed by atoms with Crippen LogP contribution in [-0.4, -0.2) is 23.3 Å². The molecular formula is C8H8F3NO2. The van der Waals surface area contributed by atoms with Crippen molar-refractivity contribution in [2.24, 2.45) is 0 Å². The zero-order valence-electron chi connectivity index (χ0n) is 7.08. The monoisotopic (exact) mass is 207 g/mol. The molecule has 0 aliphatic rings. The van der Waals surface area contributed by atoms with E-state index < -0.39 is 11.7 Å². The maximum Gasteiger partial charge on any atom is 0.416 e. The number of alkyl halides is 3. The largest absolute Gasteiger partial charge is 0.475 e. The van der Waals surface area contributed by atoms with Crippen LogP contribution in [0.3, 0.4) is 0 Å². The summed E-state index contributed by atoms with van der Waals surface area (Å²) in [4.78, 5) is 3.56. The molecular weight excluding hydrogens is 199 g/mol. The summed E-state index contributed by atoms with van der Waals surface area (Å²) < 4.78 is 41.2. The molecule has 0 atom stereocenters. The van der Waals surface area contributed by atoms with E-state index in [1.807, 2.05) is 0 Å². The van der Waals surface area contributed by atoms with E-state index in [1.165, 1.54) is 0 Å². The van der Waals surface area contributed by atoms with Gasteiger partial charge < -0.3 is 9.84 Å². The van der Waals surface area contributed by atoms with E-state index in [-0.39, 0.29) is 19.1 Å². The van der Waals surface area contributed by atoms with Crippen LogP contribution in [-0.2, 0) is 6.18 Å². The Labute approximate surface area is 78.2 Å². The number of pyridine rings is 1. The van der Waals surface area contributed by atoms with Crippen LogP contribution in [0.4, 0.5) is 13.2 Å². The fraction of sp³-hybridized carbons (Fsp3) is 0.375. The molecule has 0 saturated carbocycles. The van der Waals surface area contributed by atoms with Gasteiger partial charge in [0, 0.05) is 12.3 Å². The number of halogens is 3. The molecule has 0 bridgehead atoms. The Balaban J connectivity index is 2.79. The number of hydrogen-bond acceptors (Lipinski definition) is 3. The van der Waals surface area contributed by atoms with Crippen molar-refractivity contribution in [3.8, 4) is 5.88 Å². The number of aliphatic hydroxyl groups excluding tert-OH is 1. The number of hydrogen-bond donors (Lipinski definition) is 1. The van der Waals surface area contributed by atoms with Crippen LogP contribution in [0.15, 0.2) is 18.3 Å². The Morgan fingerprint density at radius 3 is 2.71 bits per heavy atom. The van der Waals surface area contributed by atoms with Gasteiger partial charge in [0.05, 0.1) is 12.2 Å². The van der Waals surface area contributed by atoms with E-state index in [0.717, 1.165) is 18.3 Å². The molecule has 0 spiro atoms. The van der Waals surface area contributed by atoms with Crippen LogP contribution in [0.5, 0.6) is 5.88 Å². The van der Waals surface area contributed by atoms with Gasteiger partial charge in [-0.25, -0.2) is 4.98 Å². The van der Waals surface area contributed by atoms with Crippen molar-refractivity contribution < 1.29 is 23.0 Å². The summed E-state index contributed by atoms with van der Waals surface area (Å²) >= 11 is 0. The predicted octanol–water partition coefficient (Wildman–Crippen LogP) is 1.47. The smallest absolute Gasteiger partial charge is 0.416 e. The minimum absolute atomic E-state index is 0.0751. The molecule has 0 aliphatic heterocycles. The summed E-state index contributed by atoms with van der Waals surface area (Å²) in [5.74, 6) is -0.145. The van der Waals surface area contributed by atoms with Crippen molar-refractivity contribution in [1.82, 2.24) is 4.98 Å². The Bertz CT molecular complexity index is 301. The van der Waals surface area contributed by atoms with E-state index in [1.54, 1.807) is 0 Å². The van der Waals surface area contributed by atoms with Gasteiger partial charge in [0.1, 0.15) is 6.61 Å². The Morgan fingerprint density at radius 1 is 1.43 bits per heavy atom. The summed E-state index contributed by atoms with van der Waals surface area (Å²) in [6.45, 7) is -0.341. The normalized spacial score (nSPS) is 11.4. The standard InChI is InChI=1S/C8H8F3NO2/c9-8(10,11)6-1-2-12-7(5-6)14-4-3-13/h1-2,5,13H,3-4H2. The van der Waals surface area contributed by atoms with Crippen molar-refractivity contribution in [2.45, 2.75) is 6.18 Å². The average Bonchev–Trinajstić information content (AvgIpc) is 2.14. The predicted molar refractivity (Wildman–Crippen MR) is 41.8 cm³/mol. The van der Waals surface area contributed by atoms with Crippen LogP contribution in [0.1, 0.15) is 5.56 Å². The third-order valence-corrected chi connectivity index (χ3v) is 1.40. The van der Waals surface area contributed by atoms with E-state index >= 15 is 0 Å². The quantitative estimate of drug-likeness (QED) is 0.816. The third kappa shape index (κ3) is 2.88. The lowest BCUT2D eigenvalue weighted by Gasteiger charge is -2.08. The second-order valence-electron chi connectivity index (χ2n) is 2.45. The summed E-state index contributed by atoms with van der Waals surface area (Å²) in [5, 5.41) is 8.38. The third-order valence-electron chi connectivity index (χ3n) is 1.40. The molecule has 0 radical (unpaired) electrons. The molecule has 0 aromatic carbocycles. The molecule has 0 unspecified atom stereocenters. The molecule has 0 saturated heterocycles. The lowest BCUT2D eigenvalue weighted by Crippen LogP contribution is -2.07. The maximum absolute atomic E-state index is 12.2. The first kappa shape index (κ1) is 10.8. The van der Waals surface area contributed by atoms with Gasteiger partial charge in [0.2, 0.25) is 5.88 Å². The van der Waals surface area contributed by atoms with Crippen LogP contribution in [0, 0.1) is 0 Å². The molecule has 3 nitrogen and oxygen atoms in total. The summed E-state index contributed by atoms with van der Waals surface area (Å²) in [6.07, 6.45) is -3.39. The van der Waals surface area contributed by atoms with Crippen LogP contribution in [0.2, 0.25) is 0 Å². The fourth-order valence-electron chi connectivity index (χ4n) is 0.815. The van der Waals surface area contributed by atoms with Crippen molar-refractivity contribution in [2.75, 3.05) is 13.2 Å². The molecule has 0 amide bonds. The minimum Gasteiger partial charge on any atom is -0.475 e. The summed E-state index contributed by atoms with van der Waals surface area (Å²) in [7, 11) is 0. The number of ether oxygens (including phenoxy) is 1. The van der Waals surface area contributed by atoms with Crippen molar-refractivity contribution >= 4 is 0 Å². The zero-order valence-corrected chi connectivity index (χ0v) is 7.08. The molecule has 14 heavy (non-hydrogen) atoms. The number of nitrogens with zero attached hydrogens (tertiary/aromatic N) is 1. The Hall–Kier alpha value is -1.30. The van der Waals surface area contributed by atoms with E-state index in [9.17, 15) is 13.2 Å². The fourth-order valence-corrected chi connectivity index (χ4v) is 0.815. The second-order valence-corrected chi connectivity index (χ2v) is 2.45. The minimum atomic E-state index is -4.40. The highest BCUT2D eigenvalue weighted by atomic mass is 19.4. The van der Waals surface area contributed by atoms with Crippen molar-refractivity contribution in [1.29, 1.82) is 0 Å². The average molecular weight is 207 g/mol. The molecule has 1 N–H and O–H groups in total. The SMILES string of the molecule is OCCOc1cc(C(F)(F)F)ccn1. The highest BCUT2D eigenvalue weighted by molar-refractivity contribution is 5.22. The topological polar surface area (TPSA) is 42.4 Å². The molecule has 1 aromatic heterocycles. The lowest BCUT2D eigenvalue weighted by atomic mass is 10.2. The molecule has 1 heterocycles. The van der Waals surface area contributed by atoms with Gasteiger partial charge in [-0.2, -0.15) is 13.2 Å². The number of aliphatic hydroxyl groups is 1. The van der Waals surface area contributed by atoms with Crippen LogP contribution in [0.25, 0.3) is 0 Å². The summed E-state index contributed by atoms with van der Waals surface area (Å²) in [5.41, 5.74) is -0.819. The van der Waals surface area contributed by atoms with Gasteiger partial charge in [-0.1, -0.05) is 0 Å². The number of aromatic nitrogens is 1. The van der Waals surface area contributed by atoms with E-state index in [4.69, 9.17) is 9.84 Å². The van der Waals surface area contributed by atoms with Crippen LogP contribution >= 0.6 is 0 Å². The molecule has 78 valence electrons. The Morgan fingerprint density at radius 2 is 2.14 bits per heavy atom. The zero-order chi connectivity index (χ0) is 10.6. The second kappa shape index (κ2) is 4.28. The van der Waals surface area contributed by atoms with Crippen molar-refractivity contribution in [3.63, 3.8) is 0 Å². The van der Waals surface area contributed by atoms with Gasteiger partial charge in [0.25, 0.3) is 0 Å². The number of rotatable bonds is 3. The van der Waals surface area contributed by atoms with Crippen LogP contribution < -0.4 is 4.74 Å². The molecule has 1 aromatic rings. The first-order valence-corrected chi connectivity index (χ1v) is 3.81. The van der Waals surface area contributed by atoms with Gasteiger partial charge in [-0.05, 0) is 6.07 Å². The van der Waals surface area contributed by atoms with Gasteiger partial charge in [-0.15, -0.1) is 0 Å². The first-order valence-electron chi connectivity index (χ1n) is 3.81. The maximum atomic E-state index is 12.2. The van der Waals surface area contributed by atoms with Crippen molar-refractivity contribution in [3.05, 3.63) is 23.9 Å². The van der Waals surface area contributed by atoms with E-state index in [0.29, 0.717) is 0 Å². The highest BCUT2D eigenvalue weighted by Crippen LogP contribution is 2.30. The highest BCUT2D eigenvalue weighted by Gasteiger charge is 2.30.